The van der Waals surface area contributed by atoms with Gasteiger partial charge in [-0.1, -0.05) is 26.0 Å². The van der Waals surface area contributed by atoms with Gasteiger partial charge in [-0.3, -0.25) is 0 Å². The van der Waals surface area contributed by atoms with E-state index < -0.39 is 0 Å². The lowest BCUT2D eigenvalue weighted by molar-refractivity contribution is -0.115. The van der Waals surface area contributed by atoms with Gasteiger partial charge in [0.15, 0.2) is 0 Å². The molecule has 1 aliphatic carbocycles. The van der Waals surface area contributed by atoms with E-state index in [9.17, 15) is 4.79 Å². The van der Waals surface area contributed by atoms with Gasteiger partial charge in [-0.25, -0.2) is 0 Å². The molecule has 0 N–H and O–H groups in total. The van der Waals surface area contributed by atoms with Crippen LogP contribution in [0.15, 0.2) is 12.2 Å². The van der Waals surface area contributed by atoms with Crippen LogP contribution in [-0.2, 0) is 4.79 Å². The number of unbranched alkanes of at least 4 members (excludes halogenated alkanes) is 1. The van der Waals surface area contributed by atoms with Crippen LogP contribution in [0.5, 0.6) is 0 Å². The zero-order valence-corrected chi connectivity index (χ0v) is 8.75. The minimum atomic E-state index is -0.118. The Balaban J connectivity index is 2.02. The smallest absolute Gasteiger partial charge is 0.125 e. The summed E-state index contributed by atoms with van der Waals surface area (Å²) in [6.45, 7) is 4.01. The normalized spacial score (nSPS) is 18.0. The van der Waals surface area contributed by atoms with Gasteiger partial charge in [0.2, 0.25) is 0 Å². The van der Waals surface area contributed by atoms with Crippen LogP contribution in [0, 0.1) is 11.3 Å². The van der Waals surface area contributed by atoms with Crippen LogP contribution >= 0.6 is 0 Å². The molecule has 0 aromatic heterocycles. The van der Waals surface area contributed by atoms with E-state index in [2.05, 4.69) is 12.2 Å². The highest BCUT2D eigenvalue weighted by molar-refractivity contribution is 5.57. The maximum Gasteiger partial charge on any atom is 0.125 e. The van der Waals surface area contributed by atoms with Crippen LogP contribution in [0.3, 0.4) is 0 Å². The molecule has 0 atom stereocenters. The van der Waals surface area contributed by atoms with E-state index in [1.54, 1.807) is 0 Å². The van der Waals surface area contributed by atoms with Crippen LogP contribution in [0.25, 0.3) is 0 Å². The number of hydrogen-bond donors (Lipinski definition) is 0. The van der Waals surface area contributed by atoms with Gasteiger partial charge < -0.3 is 4.79 Å². The third-order valence-electron chi connectivity index (χ3n) is 2.54. The largest absolute Gasteiger partial charge is 0.303 e. The second-order valence-electron chi connectivity index (χ2n) is 4.76. The maximum atomic E-state index is 10.6. The third-order valence-corrected chi connectivity index (χ3v) is 2.54. The van der Waals surface area contributed by atoms with Crippen molar-refractivity contribution in [3.05, 3.63) is 12.2 Å². The molecule has 1 nitrogen and oxygen atoms in total. The fourth-order valence-corrected chi connectivity index (χ4v) is 1.31. The Hall–Kier alpha value is -0.590. The number of rotatable bonds is 6. The molecule has 0 aromatic carbocycles. The topological polar surface area (TPSA) is 17.1 Å². The van der Waals surface area contributed by atoms with Crippen molar-refractivity contribution in [2.75, 3.05) is 0 Å². The maximum absolute atomic E-state index is 10.6. The van der Waals surface area contributed by atoms with E-state index in [1.807, 2.05) is 13.8 Å². The SMILES string of the molecule is CC(C)(C=O)CCC/C=C/C1CC1. The summed E-state index contributed by atoms with van der Waals surface area (Å²) in [6, 6.07) is 0. The van der Waals surface area contributed by atoms with Gasteiger partial charge in [-0.05, 0) is 38.0 Å². The molecule has 13 heavy (non-hydrogen) atoms. The van der Waals surface area contributed by atoms with E-state index in [1.165, 1.54) is 12.8 Å². The molecule has 1 fully saturated rings. The summed E-state index contributed by atoms with van der Waals surface area (Å²) in [7, 11) is 0. The van der Waals surface area contributed by atoms with Crippen molar-refractivity contribution in [1.82, 2.24) is 0 Å². The highest BCUT2D eigenvalue weighted by atomic mass is 16.1. The highest BCUT2D eigenvalue weighted by Crippen LogP contribution is 2.30. The van der Waals surface area contributed by atoms with Crippen molar-refractivity contribution < 1.29 is 4.79 Å². The fraction of sp³-hybridized carbons (Fsp3) is 0.750. The zero-order chi connectivity index (χ0) is 9.73. The number of aldehydes is 1. The van der Waals surface area contributed by atoms with Crippen molar-refractivity contribution >= 4 is 6.29 Å². The predicted octanol–water partition coefficient (Wildman–Crippen LogP) is 3.35. The Morgan fingerprint density at radius 3 is 2.62 bits per heavy atom. The first-order valence-electron chi connectivity index (χ1n) is 5.27. The fourth-order valence-electron chi connectivity index (χ4n) is 1.31. The molecule has 0 bridgehead atoms. The van der Waals surface area contributed by atoms with Crippen LogP contribution in [0.4, 0.5) is 0 Å². The van der Waals surface area contributed by atoms with Crippen LogP contribution in [-0.4, -0.2) is 6.29 Å². The third kappa shape index (κ3) is 4.87. The monoisotopic (exact) mass is 180 g/mol. The molecule has 1 aliphatic rings. The summed E-state index contributed by atoms with van der Waals surface area (Å²) in [4.78, 5) is 10.6. The number of hydrogen-bond acceptors (Lipinski definition) is 1. The number of carbonyl (C=O) groups is 1. The van der Waals surface area contributed by atoms with Crippen LogP contribution < -0.4 is 0 Å². The standard InChI is InChI=1S/C12H20O/c1-12(2,10-13)9-5-3-4-6-11-7-8-11/h4,6,10-11H,3,5,7-9H2,1-2H3/b6-4+. The van der Waals surface area contributed by atoms with Crippen molar-refractivity contribution in [3.8, 4) is 0 Å². The van der Waals surface area contributed by atoms with Gasteiger partial charge in [0, 0.05) is 5.41 Å². The zero-order valence-electron chi connectivity index (χ0n) is 8.75. The second-order valence-corrected chi connectivity index (χ2v) is 4.76. The highest BCUT2D eigenvalue weighted by Gasteiger charge is 2.17. The Bertz CT molecular complexity index is 187. The van der Waals surface area contributed by atoms with E-state index in [0.717, 1.165) is 31.5 Å². The van der Waals surface area contributed by atoms with Gasteiger partial charge in [-0.2, -0.15) is 0 Å². The summed E-state index contributed by atoms with van der Waals surface area (Å²) in [5, 5.41) is 0. The van der Waals surface area contributed by atoms with Gasteiger partial charge in [0.05, 0.1) is 0 Å². The van der Waals surface area contributed by atoms with E-state index in [4.69, 9.17) is 0 Å². The molecule has 1 rings (SSSR count). The average Bonchev–Trinajstić information content (AvgIpc) is 2.87. The molecule has 0 amide bonds. The van der Waals surface area contributed by atoms with Crippen molar-refractivity contribution in [3.63, 3.8) is 0 Å². The molecular formula is C12H20O. The summed E-state index contributed by atoms with van der Waals surface area (Å²) >= 11 is 0. The Morgan fingerprint density at radius 2 is 2.08 bits per heavy atom. The van der Waals surface area contributed by atoms with Gasteiger partial charge in [0.1, 0.15) is 6.29 Å². The molecular weight excluding hydrogens is 160 g/mol. The summed E-state index contributed by atoms with van der Waals surface area (Å²) in [5.41, 5.74) is -0.118. The van der Waals surface area contributed by atoms with Crippen LogP contribution in [0.2, 0.25) is 0 Å². The van der Waals surface area contributed by atoms with Crippen molar-refractivity contribution in [2.45, 2.75) is 46.0 Å². The van der Waals surface area contributed by atoms with Gasteiger partial charge in [-0.15, -0.1) is 0 Å². The molecule has 0 saturated heterocycles. The minimum Gasteiger partial charge on any atom is -0.303 e. The Kier molecular flexibility index (Phi) is 3.71. The molecule has 0 aliphatic heterocycles. The lowest BCUT2D eigenvalue weighted by Gasteiger charge is -2.14. The average molecular weight is 180 g/mol. The lowest BCUT2D eigenvalue weighted by Crippen LogP contribution is -2.11. The van der Waals surface area contributed by atoms with E-state index in [-0.39, 0.29) is 5.41 Å². The first kappa shape index (κ1) is 10.5. The number of allylic oxidation sites excluding steroid dienone is 2. The first-order chi connectivity index (χ1) is 6.14. The van der Waals surface area contributed by atoms with E-state index >= 15 is 0 Å². The van der Waals surface area contributed by atoms with Crippen LogP contribution in [0.1, 0.15) is 46.0 Å². The van der Waals surface area contributed by atoms with E-state index in [0.29, 0.717) is 0 Å². The molecule has 74 valence electrons. The van der Waals surface area contributed by atoms with Gasteiger partial charge >= 0.3 is 0 Å². The van der Waals surface area contributed by atoms with Gasteiger partial charge in [0.25, 0.3) is 0 Å². The van der Waals surface area contributed by atoms with Crippen molar-refractivity contribution in [1.29, 1.82) is 0 Å². The molecule has 0 aromatic rings. The minimum absolute atomic E-state index is 0.118. The molecule has 1 heteroatoms. The first-order valence-corrected chi connectivity index (χ1v) is 5.27. The lowest BCUT2D eigenvalue weighted by atomic mass is 9.89. The Morgan fingerprint density at radius 1 is 1.38 bits per heavy atom. The molecule has 0 spiro atoms. The molecule has 0 heterocycles. The molecule has 0 radical (unpaired) electrons. The quantitative estimate of drug-likeness (QED) is 0.348. The summed E-state index contributed by atoms with van der Waals surface area (Å²) in [5.74, 6) is 0.888. The summed E-state index contributed by atoms with van der Waals surface area (Å²) < 4.78 is 0. The second kappa shape index (κ2) is 4.59. The predicted molar refractivity (Wildman–Crippen MR) is 55.6 cm³/mol. The molecule has 0 unspecified atom stereocenters. The number of carbonyl (C=O) groups excluding carboxylic acids is 1. The Labute approximate surface area is 81.2 Å². The summed E-state index contributed by atoms with van der Waals surface area (Å²) in [6.07, 6.45) is 11.7. The van der Waals surface area contributed by atoms with Crippen molar-refractivity contribution in [2.24, 2.45) is 11.3 Å². The molecule has 1 saturated carbocycles.